The Balaban J connectivity index is 2.29. The van der Waals surface area contributed by atoms with Gasteiger partial charge < -0.3 is 14.9 Å². The molecular weight excluding hydrogens is 354 g/mol. The maximum atomic E-state index is 13.0. The first kappa shape index (κ1) is 20.5. The molecule has 146 valence electrons. The summed E-state index contributed by atoms with van der Waals surface area (Å²) >= 11 is 0. The predicted octanol–water partition coefficient (Wildman–Crippen LogP) is 3.95. The van der Waals surface area contributed by atoms with Crippen molar-refractivity contribution in [1.82, 2.24) is 0 Å². The van der Waals surface area contributed by atoms with Crippen LogP contribution in [0.1, 0.15) is 39.0 Å². The van der Waals surface area contributed by atoms with Gasteiger partial charge in [0.15, 0.2) is 6.29 Å². The van der Waals surface area contributed by atoms with Gasteiger partial charge in [0.25, 0.3) is 5.60 Å². The first-order valence-electron chi connectivity index (χ1n) is 8.11. The Morgan fingerprint density at radius 3 is 2.04 bits per heavy atom. The number of hydrogen-bond acceptors (Lipinski definition) is 3. The fourth-order valence-electron chi connectivity index (χ4n) is 4.01. The van der Waals surface area contributed by atoms with Gasteiger partial charge in [0, 0.05) is 6.42 Å². The van der Waals surface area contributed by atoms with Crippen molar-refractivity contribution in [3.8, 4) is 0 Å². The molecule has 0 amide bonds. The Hall–Kier alpha value is -0.800. The third-order valence-electron chi connectivity index (χ3n) is 5.43. The maximum Gasteiger partial charge on any atom is 0.426 e. The maximum absolute atomic E-state index is 13.0. The number of rotatable bonds is 6. The fourth-order valence-corrected chi connectivity index (χ4v) is 4.01. The second-order valence-electron chi connectivity index (χ2n) is 7.27. The van der Waals surface area contributed by atoms with Crippen molar-refractivity contribution in [3.05, 3.63) is 12.2 Å². The zero-order valence-corrected chi connectivity index (χ0v) is 13.7. The van der Waals surface area contributed by atoms with Crippen LogP contribution in [0.3, 0.4) is 0 Å². The monoisotopic (exact) mass is 376 g/mol. The van der Waals surface area contributed by atoms with E-state index in [0.717, 1.165) is 12.8 Å². The van der Waals surface area contributed by atoms with Crippen LogP contribution in [0.4, 0.5) is 26.3 Å². The minimum atomic E-state index is -5.90. The lowest BCUT2D eigenvalue weighted by atomic mass is 9.79. The number of alkyl halides is 6. The summed E-state index contributed by atoms with van der Waals surface area (Å²) in [6.45, 7) is 4.74. The molecule has 9 heteroatoms. The van der Waals surface area contributed by atoms with Gasteiger partial charge in [-0.25, -0.2) is 0 Å². The van der Waals surface area contributed by atoms with Crippen LogP contribution >= 0.6 is 0 Å². The lowest BCUT2D eigenvalue weighted by Crippen LogP contribution is -2.59. The molecule has 0 spiro atoms. The van der Waals surface area contributed by atoms with E-state index >= 15 is 0 Å². The molecule has 0 aromatic heterocycles. The van der Waals surface area contributed by atoms with E-state index in [-0.39, 0.29) is 17.4 Å². The molecule has 0 heterocycles. The van der Waals surface area contributed by atoms with Crippen LogP contribution in [0.5, 0.6) is 0 Å². The molecule has 5 atom stereocenters. The highest BCUT2D eigenvalue weighted by atomic mass is 19.4. The normalized spacial score (nSPS) is 29.7. The first-order chi connectivity index (χ1) is 11.3. The second kappa shape index (κ2) is 6.74. The summed E-state index contributed by atoms with van der Waals surface area (Å²) in [4.78, 5) is 0. The number of halogens is 6. The summed E-state index contributed by atoms with van der Waals surface area (Å²) < 4.78 is 83.3. The highest BCUT2D eigenvalue weighted by Crippen LogP contribution is 2.53. The van der Waals surface area contributed by atoms with Gasteiger partial charge in [0.05, 0.1) is 6.10 Å². The van der Waals surface area contributed by atoms with Gasteiger partial charge in [-0.2, -0.15) is 26.3 Å². The van der Waals surface area contributed by atoms with Gasteiger partial charge in [-0.1, -0.05) is 13.0 Å². The van der Waals surface area contributed by atoms with Crippen LogP contribution < -0.4 is 0 Å². The van der Waals surface area contributed by atoms with Crippen LogP contribution in [0.15, 0.2) is 12.2 Å². The van der Waals surface area contributed by atoms with E-state index in [2.05, 4.69) is 6.58 Å². The molecule has 2 N–H and O–H groups in total. The Labute approximate surface area is 141 Å². The minimum Gasteiger partial charge on any atom is -0.374 e. The van der Waals surface area contributed by atoms with Gasteiger partial charge in [0.2, 0.25) is 0 Å². The van der Waals surface area contributed by atoms with E-state index in [1.165, 1.54) is 6.92 Å². The number of aliphatic hydroxyl groups excluding tert-OH is 1. The van der Waals surface area contributed by atoms with Crippen molar-refractivity contribution < 1.29 is 41.3 Å². The smallest absolute Gasteiger partial charge is 0.374 e. The van der Waals surface area contributed by atoms with Crippen LogP contribution in [0.2, 0.25) is 0 Å². The lowest BCUT2D eigenvalue weighted by molar-refractivity contribution is -0.377. The van der Waals surface area contributed by atoms with Gasteiger partial charge >= 0.3 is 12.4 Å². The molecular formula is C16H22F6O3. The van der Waals surface area contributed by atoms with Crippen LogP contribution in [-0.4, -0.2) is 40.6 Å². The summed E-state index contributed by atoms with van der Waals surface area (Å²) in [6.07, 6.45) is -14.0. The van der Waals surface area contributed by atoms with E-state index in [1.807, 2.05) is 0 Å². The fraction of sp³-hybridized carbons (Fsp3) is 0.875. The Bertz CT molecular complexity index is 487. The summed E-state index contributed by atoms with van der Waals surface area (Å²) in [7, 11) is 0. The number of hydrogen-bond donors (Lipinski definition) is 2. The van der Waals surface area contributed by atoms with E-state index in [9.17, 15) is 36.6 Å². The molecule has 3 nitrogen and oxygen atoms in total. The van der Waals surface area contributed by atoms with Crippen molar-refractivity contribution in [1.29, 1.82) is 0 Å². The largest absolute Gasteiger partial charge is 0.426 e. The van der Waals surface area contributed by atoms with Crippen molar-refractivity contribution in [2.45, 2.75) is 69.4 Å². The summed E-state index contributed by atoms with van der Waals surface area (Å²) in [6, 6.07) is 0. The molecule has 2 aliphatic carbocycles. The van der Waals surface area contributed by atoms with E-state index in [0.29, 0.717) is 12.8 Å². The highest BCUT2D eigenvalue weighted by Gasteiger charge is 2.71. The molecule has 2 bridgehead atoms. The van der Waals surface area contributed by atoms with Crippen molar-refractivity contribution in [2.75, 3.05) is 0 Å². The number of fused-ring (bicyclic) bond motifs is 2. The van der Waals surface area contributed by atoms with Crippen molar-refractivity contribution in [3.63, 3.8) is 0 Å². The molecule has 2 saturated carbocycles. The SMILES string of the molecule is C=C(C)C(O)OC(CC(O)(C(F)(F)F)C(F)(F)F)C1CC2CCC1C2. The quantitative estimate of drug-likeness (QED) is 0.419. The second-order valence-corrected chi connectivity index (χ2v) is 7.27. The summed E-state index contributed by atoms with van der Waals surface area (Å²) in [5.74, 6) is -0.380. The zero-order valence-electron chi connectivity index (χ0n) is 13.7. The molecule has 2 rings (SSSR count). The molecule has 5 unspecified atom stereocenters. The molecule has 0 radical (unpaired) electrons. The highest BCUT2D eigenvalue weighted by molar-refractivity contribution is 5.02. The lowest BCUT2D eigenvalue weighted by Gasteiger charge is -2.39. The predicted molar refractivity (Wildman–Crippen MR) is 76.3 cm³/mol. The van der Waals surface area contributed by atoms with Crippen LogP contribution in [-0.2, 0) is 4.74 Å². The summed E-state index contributed by atoms with van der Waals surface area (Å²) in [5, 5.41) is 19.3. The standard InChI is InChI=1S/C16H22F6O3/c1-8(2)13(23)25-12(11-6-9-3-4-10(11)5-9)7-14(24,15(17,18)19)16(20,21)22/h9-13,23-24H,1,3-7H2,2H3. The zero-order chi connectivity index (χ0) is 19.2. The van der Waals surface area contributed by atoms with Gasteiger partial charge in [-0.05, 0) is 49.5 Å². The molecule has 2 aliphatic rings. The summed E-state index contributed by atoms with van der Waals surface area (Å²) in [5.41, 5.74) is -4.82. The third kappa shape index (κ3) is 3.98. The molecule has 0 saturated heterocycles. The third-order valence-corrected chi connectivity index (χ3v) is 5.43. The first-order valence-corrected chi connectivity index (χ1v) is 8.11. The Kier molecular flexibility index (Phi) is 5.53. The molecule has 0 aromatic rings. The van der Waals surface area contributed by atoms with Gasteiger partial charge in [-0.15, -0.1) is 0 Å². The average molecular weight is 376 g/mol. The van der Waals surface area contributed by atoms with E-state index in [1.54, 1.807) is 0 Å². The Morgan fingerprint density at radius 1 is 1.12 bits per heavy atom. The molecule has 0 aliphatic heterocycles. The number of aliphatic hydroxyl groups is 2. The Morgan fingerprint density at radius 2 is 1.68 bits per heavy atom. The average Bonchev–Trinajstić information content (AvgIpc) is 3.06. The molecule has 25 heavy (non-hydrogen) atoms. The molecule has 0 aromatic carbocycles. The topological polar surface area (TPSA) is 49.7 Å². The molecule has 2 fully saturated rings. The van der Waals surface area contributed by atoms with Gasteiger partial charge in [0.1, 0.15) is 0 Å². The number of ether oxygens (including phenoxy) is 1. The van der Waals surface area contributed by atoms with E-state index in [4.69, 9.17) is 4.74 Å². The van der Waals surface area contributed by atoms with Crippen molar-refractivity contribution in [2.24, 2.45) is 17.8 Å². The van der Waals surface area contributed by atoms with Crippen LogP contribution in [0.25, 0.3) is 0 Å². The van der Waals surface area contributed by atoms with Crippen LogP contribution in [0, 0.1) is 17.8 Å². The van der Waals surface area contributed by atoms with Gasteiger partial charge in [-0.3, -0.25) is 0 Å². The van der Waals surface area contributed by atoms with Crippen molar-refractivity contribution >= 4 is 0 Å². The minimum absolute atomic E-state index is 0.0574. The van der Waals surface area contributed by atoms with E-state index < -0.39 is 42.7 Å².